The van der Waals surface area contributed by atoms with Crippen LogP contribution in [0.3, 0.4) is 0 Å². The number of carboxylic acid groups (broad SMARTS) is 1. The molecule has 0 aromatic heterocycles. The van der Waals surface area contributed by atoms with E-state index in [2.05, 4.69) is 6.92 Å². The van der Waals surface area contributed by atoms with Crippen LogP contribution in [0.15, 0.2) is 11.8 Å². The fourth-order valence-corrected chi connectivity index (χ4v) is 2.12. The van der Waals surface area contributed by atoms with Gasteiger partial charge in [-0.3, -0.25) is 0 Å². The summed E-state index contributed by atoms with van der Waals surface area (Å²) < 4.78 is 4.77. The molecule has 19 heavy (non-hydrogen) atoms. The van der Waals surface area contributed by atoms with E-state index in [-0.39, 0.29) is 5.76 Å². The van der Waals surface area contributed by atoms with Gasteiger partial charge in [-0.2, -0.15) is 0 Å². The third kappa shape index (κ3) is 11.8. The minimum Gasteiger partial charge on any atom is -0.490 e. The van der Waals surface area contributed by atoms with Crippen LogP contribution < -0.4 is 0 Å². The molecule has 0 fully saturated rings. The normalized spacial score (nSPS) is 11.6. The second kappa shape index (κ2) is 13.4. The number of carboxylic acids is 1. The summed E-state index contributed by atoms with van der Waals surface area (Å²) >= 11 is 0. The molecule has 1 N–H and O–H groups in total. The number of allylic oxidation sites excluding steroid dienone is 1. The van der Waals surface area contributed by atoms with Gasteiger partial charge in [-0.05, 0) is 18.9 Å². The van der Waals surface area contributed by atoms with E-state index in [9.17, 15) is 4.79 Å². The number of rotatable bonds is 13. The molecular weight excluding hydrogens is 240 g/mol. The molecule has 0 amide bonds. The molecule has 0 aliphatic rings. The SMILES string of the molecule is CCCCCCCCCCCCC=C(OC)C(=O)O. The van der Waals surface area contributed by atoms with Crippen molar-refractivity contribution in [3.63, 3.8) is 0 Å². The zero-order valence-corrected chi connectivity index (χ0v) is 12.6. The van der Waals surface area contributed by atoms with Crippen LogP contribution in [-0.4, -0.2) is 18.2 Å². The van der Waals surface area contributed by atoms with Gasteiger partial charge in [0.15, 0.2) is 5.76 Å². The fraction of sp³-hybridized carbons (Fsp3) is 0.812. The topological polar surface area (TPSA) is 46.5 Å². The van der Waals surface area contributed by atoms with Crippen LogP contribution in [0.25, 0.3) is 0 Å². The van der Waals surface area contributed by atoms with Crippen molar-refractivity contribution in [2.45, 2.75) is 77.6 Å². The van der Waals surface area contributed by atoms with Gasteiger partial charge >= 0.3 is 5.97 Å². The van der Waals surface area contributed by atoms with Crippen molar-refractivity contribution in [3.05, 3.63) is 11.8 Å². The van der Waals surface area contributed by atoms with E-state index in [4.69, 9.17) is 9.84 Å². The highest BCUT2D eigenvalue weighted by atomic mass is 16.5. The highest BCUT2D eigenvalue weighted by Gasteiger charge is 2.04. The third-order valence-electron chi connectivity index (χ3n) is 3.32. The van der Waals surface area contributed by atoms with E-state index in [1.165, 1.54) is 64.9 Å². The standard InChI is InChI=1S/C16H30O3/c1-3-4-5-6-7-8-9-10-11-12-13-14-15(19-2)16(17)18/h14H,3-13H2,1-2H3,(H,17,18). The number of unbranched alkanes of at least 4 members (excludes halogenated alkanes) is 10. The van der Waals surface area contributed by atoms with Crippen LogP contribution in [0, 0.1) is 0 Å². The Labute approximate surface area is 118 Å². The molecule has 112 valence electrons. The van der Waals surface area contributed by atoms with Crippen LogP contribution >= 0.6 is 0 Å². The summed E-state index contributed by atoms with van der Waals surface area (Å²) in [6, 6.07) is 0. The molecule has 0 saturated carbocycles. The van der Waals surface area contributed by atoms with Gasteiger partial charge in [0.1, 0.15) is 0 Å². The molecule has 3 heteroatoms. The van der Waals surface area contributed by atoms with Gasteiger partial charge in [-0.15, -0.1) is 0 Å². The Bertz CT molecular complexity index is 246. The monoisotopic (exact) mass is 270 g/mol. The van der Waals surface area contributed by atoms with Gasteiger partial charge < -0.3 is 9.84 Å². The molecule has 0 aliphatic heterocycles. The van der Waals surface area contributed by atoms with Gasteiger partial charge in [0.05, 0.1) is 7.11 Å². The first-order valence-corrected chi connectivity index (χ1v) is 7.69. The summed E-state index contributed by atoms with van der Waals surface area (Å²) in [6.45, 7) is 2.24. The largest absolute Gasteiger partial charge is 0.490 e. The van der Waals surface area contributed by atoms with Gasteiger partial charge in [-0.1, -0.05) is 64.7 Å². The summed E-state index contributed by atoms with van der Waals surface area (Å²) in [7, 11) is 1.40. The number of aliphatic carboxylic acids is 1. The molecule has 0 unspecified atom stereocenters. The predicted octanol–water partition coefficient (Wildman–Crippen LogP) is 4.91. The van der Waals surface area contributed by atoms with E-state index in [1.807, 2.05) is 0 Å². The third-order valence-corrected chi connectivity index (χ3v) is 3.32. The molecule has 0 saturated heterocycles. The Kier molecular flexibility index (Phi) is 12.7. The Morgan fingerprint density at radius 1 is 0.947 bits per heavy atom. The van der Waals surface area contributed by atoms with Crippen molar-refractivity contribution in [3.8, 4) is 0 Å². The molecule has 0 rings (SSSR count). The lowest BCUT2D eigenvalue weighted by molar-refractivity contribution is -0.136. The molecule has 0 bridgehead atoms. The van der Waals surface area contributed by atoms with E-state index < -0.39 is 5.97 Å². The van der Waals surface area contributed by atoms with Crippen LogP contribution in [0.2, 0.25) is 0 Å². The first-order valence-electron chi connectivity index (χ1n) is 7.69. The van der Waals surface area contributed by atoms with E-state index in [1.54, 1.807) is 6.08 Å². The first-order chi connectivity index (χ1) is 9.22. The minimum atomic E-state index is -0.977. The predicted molar refractivity (Wildman–Crippen MR) is 79.2 cm³/mol. The Hall–Kier alpha value is -0.990. The van der Waals surface area contributed by atoms with Gasteiger partial charge in [0.25, 0.3) is 0 Å². The quantitative estimate of drug-likeness (QED) is 0.294. The van der Waals surface area contributed by atoms with Crippen molar-refractivity contribution < 1.29 is 14.6 Å². The van der Waals surface area contributed by atoms with E-state index in [0.717, 1.165) is 12.8 Å². The molecule has 0 aromatic rings. The Morgan fingerprint density at radius 2 is 1.42 bits per heavy atom. The fourth-order valence-electron chi connectivity index (χ4n) is 2.12. The number of ether oxygens (including phenoxy) is 1. The summed E-state index contributed by atoms with van der Waals surface area (Å²) in [5, 5.41) is 8.74. The zero-order valence-electron chi connectivity index (χ0n) is 12.6. The van der Waals surface area contributed by atoms with Gasteiger partial charge in [0, 0.05) is 0 Å². The molecule has 0 atom stereocenters. The van der Waals surface area contributed by atoms with Crippen molar-refractivity contribution in [2.75, 3.05) is 7.11 Å². The molecule has 0 aromatic carbocycles. The highest BCUT2D eigenvalue weighted by molar-refractivity contribution is 5.84. The zero-order chi connectivity index (χ0) is 14.3. The van der Waals surface area contributed by atoms with Crippen molar-refractivity contribution in [2.24, 2.45) is 0 Å². The number of hydrogen-bond acceptors (Lipinski definition) is 2. The summed E-state index contributed by atoms with van der Waals surface area (Å²) in [6.07, 6.45) is 15.4. The Balaban J connectivity index is 3.29. The minimum absolute atomic E-state index is 0.0657. The van der Waals surface area contributed by atoms with Gasteiger partial charge in [-0.25, -0.2) is 4.79 Å². The second-order valence-corrected chi connectivity index (χ2v) is 5.05. The molecular formula is C16H30O3. The molecule has 0 radical (unpaired) electrons. The van der Waals surface area contributed by atoms with Gasteiger partial charge in [0.2, 0.25) is 0 Å². The second-order valence-electron chi connectivity index (χ2n) is 5.05. The van der Waals surface area contributed by atoms with E-state index in [0.29, 0.717) is 0 Å². The number of methoxy groups -OCH3 is 1. The average molecular weight is 270 g/mol. The van der Waals surface area contributed by atoms with Crippen molar-refractivity contribution in [1.82, 2.24) is 0 Å². The maximum atomic E-state index is 10.7. The maximum Gasteiger partial charge on any atom is 0.370 e. The highest BCUT2D eigenvalue weighted by Crippen LogP contribution is 2.12. The van der Waals surface area contributed by atoms with Crippen LogP contribution in [0.4, 0.5) is 0 Å². The molecule has 0 heterocycles. The maximum absolute atomic E-state index is 10.7. The molecule has 0 aliphatic carbocycles. The lowest BCUT2D eigenvalue weighted by Gasteiger charge is -2.02. The van der Waals surface area contributed by atoms with Crippen LogP contribution in [-0.2, 0) is 9.53 Å². The molecule has 3 nitrogen and oxygen atoms in total. The van der Waals surface area contributed by atoms with Crippen LogP contribution in [0.5, 0.6) is 0 Å². The lowest BCUT2D eigenvalue weighted by atomic mass is 10.1. The smallest absolute Gasteiger partial charge is 0.370 e. The number of hydrogen-bond donors (Lipinski definition) is 1. The molecule has 0 spiro atoms. The first kappa shape index (κ1) is 18.0. The van der Waals surface area contributed by atoms with E-state index >= 15 is 0 Å². The number of carbonyl (C=O) groups is 1. The Morgan fingerprint density at radius 3 is 1.84 bits per heavy atom. The summed E-state index contributed by atoms with van der Waals surface area (Å²) in [4.78, 5) is 10.7. The average Bonchev–Trinajstić information content (AvgIpc) is 2.40. The summed E-state index contributed by atoms with van der Waals surface area (Å²) in [5.74, 6) is -0.912. The lowest BCUT2D eigenvalue weighted by Crippen LogP contribution is -2.02. The summed E-state index contributed by atoms with van der Waals surface area (Å²) in [5.41, 5.74) is 0. The van der Waals surface area contributed by atoms with Crippen molar-refractivity contribution in [1.29, 1.82) is 0 Å². The van der Waals surface area contributed by atoms with Crippen molar-refractivity contribution >= 4 is 5.97 Å². The van der Waals surface area contributed by atoms with Crippen LogP contribution in [0.1, 0.15) is 77.6 Å².